The van der Waals surface area contributed by atoms with Gasteiger partial charge >= 0.3 is 49.5 Å². The molecule has 36 valence electrons. The predicted molar refractivity (Wildman–Crippen MR) is 21.8 cm³/mol. The third-order valence-electron chi connectivity index (χ3n) is 0.698. The summed E-state index contributed by atoms with van der Waals surface area (Å²) < 4.78 is 1.28. The number of hydrogen-bond acceptors (Lipinski definition) is 0. The molecular formula is C5H5Ag. The molecular weight excluding hydrogens is 168 g/mol. The van der Waals surface area contributed by atoms with Crippen molar-refractivity contribution in [1.29, 1.82) is 0 Å². The second-order valence-electron chi connectivity index (χ2n) is 1.20. The fourth-order valence-corrected chi connectivity index (χ4v) is 0.722. The minimum atomic E-state index is 1.08. The zero-order valence-corrected chi connectivity index (χ0v) is 4.72. The summed E-state index contributed by atoms with van der Waals surface area (Å²) in [6, 6.07) is 0. The van der Waals surface area contributed by atoms with Crippen LogP contribution in [0.5, 0.6) is 0 Å². The van der Waals surface area contributed by atoms with Crippen LogP contribution in [-0.4, -0.2) is 0 Å². The molecule has 1 aliphatic carbocycles. The third-order valence-corrected chi connectivity index (χ3v) is 1.25. The van der Waals surface area contributed by atoms with Crippen LogP contribution in [0, 0.1) is 0 Å². The van der Waals surface area contributed by atoms with Crippen LogP contribution in [0.1, 0.15) is 6.42 Å². The minimum absolute atomic E-state index is 1.08. The van der Waals surface area contributed by atoms with E-state index in [9.17, 15) is 0 Å². The Morgan fingerprint density at radius 2 is 2.50 bits per heavy atom. The SMILES string of the molecule is [Ag][C]1=CC=CC1. The van der Waals surface area contributed by atoms with E-state index in [1.165, 1.54) is 3.79 Å². The summed E-state index contributed by atoms with van der Waals surface area (Å²) in [7, 11) is 0. The van der Waals surface area contributed by atoms with Gasteiger partial charge in [0.05, 0.1) is 0 Å². The molecule has 0 spiro atoms. The van der Waals surface area contributed by atoms with E-state index < -0.39 is 0 Å². The Kier molecular flexibility index (Phi) is 1.30. The summed E-state index contributed by atoms with van der Waals surface area (Å²) in [6.45, 7) is 0. The van der Waals surface area contributed by atoms with E-state index in [2.05, 4.69) is 33.2 Å². The molecule has 0 amide bonds. The van der Waals surface area contributed by atoms with Crippen LogP contribution in [0.2, 0.25) is 0 Å². The molecule has 0 aromatic carbocycles. The van der Waals surface area contributed by atoms with Crippen molar-refractivity contribution in [2.75, 3.05) is 0 Å². The second-order valence-corrected chi connectivity index (χ2v) is 2.15. The second kappa shape index (κ2) is 1.78. The van der Waals surface area contributed by atoms with E-state index in [0.717, 1.165) is 6.42 Å². The van der Waals surface area contributed by atoms with Crippen molar-refractivity contribution in [2.45, 2.75) is 6.42 Å². The molecule has 0 aromatic heterocycles. The van der Waals surface area contributed by atoms with Crippen molar-refractivity contribution in [3.63, 3.8) is 0 Å². The summed E-state index contributed by atoms with van der Waals surface area (Å²) in [5, 5.41) is 0. The first-order valence-corrected chi connectivity index (χ1v) is 2.61. The molecule has 0 radical (unpaired) electrons. The van der Waals surface area contributed by atoms with Gasteiger partial charge in [0, 0.05) is 0 Å². The van der Waals surface area contributed by atoms with Crippen molar-refractivity contribution >= 4 is 0 Å². The first-order valence-electron chi connectivity index (χ1n) is 1.87. The van der Waals surface area contributed by atoms with E-state index in [0.29, 0.717) is 0 Å². The third kappa shape index (κ3) is 0.839. The van der Waals surface area contributed by atoms with Crippen LogP contribution in [0.15, 0.2) is 22.0 Å². The van der Waals surface area contributed by atoms with Crippen molar-refractivity contribution in [2.24, 2.45) is 0 Å². The van der Waals surface area contributed by atoms with Gasteiger partial charge in [0.1, 0.15) is 0 Å². The van der Waals surface area contributed by atoms with E-state index in [4.69, 9.17) is 0 Å². The van der Waals surface area contributed by atoms with Gasteiger partial charge in [-0.15, -0.1) is 0 Å². The Labute approximate surface area is 49.8 Å². The van der Waals surface area contributed by atoms with Crippen molar-refractivity contribution in [1.82, 2.24) is 0 Å². The zero-order chi connectivity index (χ0) is 4.41. The number of hydrogen-bond donors (Lipinski definition) is 0. The Morgan fingerprint density at radius 1 is 1.67 bits per heavy atom. The van der Waals surface area contributed by atoms with Crippen LogP contribution >= 0.6 is 0 Å². The molecule has 0 bridgehead atoms. The molecule has 0 saturated carbocycles. The fourth-order valence-electron chi connectivity index (χ4n) is 0.405. The van der Waals surface area contributed by atoms with E-state index in [1.807, 2.05) is 6.08 Å². The number of allylic oxidation sites excluding steroid dienone is 4. The average molecular weight is 173 g/mol. The summed E-state index contributed by atoms with van der Waals surface area (Å²) in [6.07, 6.45) is 7.30. The van der Waals surface area contributed by atoms with Crippen molar-refractivity contribution in [3.8, 4) is 0 Å². The van der Waals surface area contributed by atoms with E-state index in [-0.39, 0.29) is 0 Å². The Morgan fingerprint density at radius 3 is 2.67 bits per heavy atom. The van der Waals surface area contributed by atoms with Gasteiger partial charge in [0.2, 0.25) is 0 Å². The Bertz CT molecular complexity index is 101. The summed E-state index contributed by atoms with van der Waals surface area (Å²) in [5.74, 6) is 0. The standard InChI is InChI=1S/C5H5.Ag/c1-2-4-5-3-1;/h1-3H,4H2;. The topological polar surface area (TPSA) is 0 Å². The van der Waals surface area contributed by atoms with Crippen LogP contribution in [0.3, 0.4) is 0 Å². The first-order chi connectivity index (χ1) is 2.89. The molecule has 0 aliphatic heterocycles. The van der Waals surface area contributed by atoms with Gasteiger partial charge in [-0.2, -0.15) is 0 Å². The van der Waals surface area contributed by atoms with Crippen LogP contribution < -0.4 is 0 Å². The molecule has 0 unspecified atom stereocenters. The van der Waals surface area contributed by atoms with Crippen LogP contribution in [-0.2, 0) is 21.1 Å². The average Bonchev–Trinajstić information content (AvgIpc) is 1.86. The van der Waals surface area contributed by atoms with Gasteiger partial charge in [-0.05, 0) is 0 Å². The van der Waals surface area contributed by atoms with E-state index in [1.54, 1.807) is 0 Å². The Hall–Kier alpha value is 0.220. The summed E-state index contributed by atoms with van der Waals surface area (Å²) in [4.78, 5) is 0. The van der Waals surface area contributed by atoms with Crippen LogP contribution in [0.25, 0.3) is 0 Å². The molecule has 0 saturated heterocycles. The van der Waals surface area contributed by atoms with Gasteiger partial charge in [-0.25, -0.2) is 0 Å². The Balaban J connectivity index is 2.61. The van der Waals surface area contributed by atoms with Crippen LogP contribution in [0.4, 0.5) is 0 Å². The van der Waals surface area contributed by atoms with Gasteiger partial charge in [-0.1, -0.05) is 0 Å². The van der Waals surface area contributed by atoms with Crippen molar-refractivity contribution < 1.29 is 21.1 Å². The first kappa shape index (κ1) is 4.38. The molecule has 0 aromatic rings. The van der Waals surface area contributed by atoms with Crippen molar-refractivity contribution in [3.05, 3.63) is 22.0 Å². The molecule has 6 heavy (non-hydrogen) atoms. The molecule has 0 fully saturated rings. The molecule has 0 atom stereocenters. The number of rotatable bonds is 0. The maximum absolute atomic E-state index is 3.35. The molecule has 1 rings (SSSR count). The van der Waals surface area contributed by atoms with Gasteiger partial charge < -0.3 is 0 Å². The predicted octanol–water partition coefficient (Wildman–Crippen LogP) is 1.38. The normalized spacial score (nSPS) is 18.7. The van der Waals surface area contributed by atoms with Gasteiger partial charge in [-0.3, -0.25) is 0 Å². The zero-order valence-electron chi connectivity index (χ0n) is 3.24. The molecule has 0 heterocycles. The van der Waals surface area contributed by atoms with E-state index >= 15 is 0 Å². The fraction of sp³-hybridized carbons (Fsp3) is 0.200. The van der Waals surface area contributed by atoms with Gasteiger partial charge in [0.25, 0.3) is 0 Å². The molecule has 0 N–H and O–H groups in total. The summed E-state index contributed by atoms with van der Waals surface area (Å²) in [5.41, 5.74) is 0. The quantitative estimate of drug-likeness (QED) is 0.485. The maximum atomic E-state index is 3.35. The van der Waals surface area contributed by atoms with Gasteiger partial charge in [0.15, 0.2) is 0 Å². The molecule has 0 nitrogen and oxygen atoms in total. The molecule has 1 heteroatoms. The molecule has 1 aliphatic rings. The monoisotopic (exact) mass is 172 g/mol. The summed E-state index contributed by atoms with van der Waals surface area (Å²) >= 11 is 3.35.